The molecule has 1 aromatic heterocycles. The highest BCUT2D eigenvalue weighted by molar-refractivity contribution is 6.30. The second-order valence-corrected chi connectivity index (χ2v) is 6.04. The Balaban J connectivity index is 1.78. The second kappa shape index (κ2) is 5.58. The van der Waals surface area contributed by atoms with Gasteiger partial charge in [-0.3, -0.25) is 0 Å². The molecule has 0 bridgehead atoms. The normalized spacial score (nSPS) is 19.6. The predicted octanol–water partition coefficient (Wildman–Crippen LogP) is 3.08. The molecule has 1 N–H and O–H groups in total. The van der Waals surface area contributed by atoms with Crippen molar-refractivity contribution in [2.75, 3.05) is 6.61 Å². The Labute approximate surface area is 142 Å². The molecular weight excluding hydrogens is 333 g/mol. The summed E-state index contributed by atoms with van der Waals surface area (Å²) >= 11 is 5.77. The molecule has 1 aliphatic heterocycles. The van der Waals surface area contributed by atoms with Crippen molar-refractivity contribution in [3.05, 3.63) is 70.8 Å². The van der Waals surface area contributed by atoms with Gasteiger partial charge in [-0.25, -0.2) is 9.07 Å². The highest BCUT2D eigenvalue weighted by Crippen LogP contribution is 2.40. The van der Waals surface area contributed by atoms with Crippen molar-refractivity contribution >= 4 is 11.6 Å². The maximum absolute atomic E-state index is 14.1. The Morgan fingerprint density at radius 3 is 2.92 bits per heavy atom. The summed E-state index contributed by atoms with van der Waals surface area (Å²) in [7, 11) is 0. The lowest BCUT2D eigenvalue weighted by molar-refractivity contribution is 0.0310. The molecule has 1 aliphatic rings. The van der Waals surface area contributed by atoms with Crippen LogP contribution in [0.1, 0.15) is 17.7 Å². The third kappa shape index (κ3) is 2.35. The Kier molecular flexibility index (Phi) is 3.51. The minimum Gasteiger partial charge on any atom is -0.493 e. The zero-order valence-electron chi connectivity index (χ0n) is 12.5. The molecule has 0 fully saturated rings. The summed E-state index contributed by atoms with van der Waals surface area (Å²) in [5, 5.41) is 19.5. The number of hydrogen-bond acceptors (Lipinski definition) is 4. The van der Waals surface area contributed by atoms with Gasteiger partial charge in [0.25, 0.3) is 0 Å². The van der Waals surface area contributed by atoms with E-state index < -0.39 is 11.4 Å². The van der Waals surface area contributed by atoms with E-state index in [4.69, 9.17) is 16.3 Å². The maximum Gasteiger partial charge on any atom is 0.150 e. The molecule has 0 spiro atoms. The highest BCUT2D eigenvalue weighted by Gasteiger charge is 2.40. The molecule has 1 atom stereocenters. The van der Waals surface area contributed by atoms with Crippen LogP contribution in [0.15, 0.2) is 48.7 Å². The first-order valence-corrected chi connectivity index (χ1v) is 7.79. The minimum atomic E-state index is -1.32. The number of halogens is 2. The van der Waals surface area contributed by atoms with Gasteiger partial charge in [-0.2, -0.15) is 0 Å². The van der Waals surface area contributed by atoms with E-state index in [1.807, 2.05) is 12.1 Å². The summed E-state index contributed by atoms with van der Waals surface area (Å²) in [6.07, 6.45) is 1.86. The topological polar surface area (TPSA) is 60.2 Å². The number of fused-ring (bicyclic) bond motifs is 1. The van der Waals surface area contributed by atoms with Crippen molar-refractivity contribution in [2.24, 2.45) is 0 Å². The Bertz CT molecular complexity index is 914. The molecule has 0 saturated carbocycles. The number of benzene rings is 2. The first-order chi connectivity index (χ1) is 11.6. The number of para-hydroxylation sites is 1. The molecule has 7 heteroatoms. The van der Waals surface area contributed by atoms with E-state index in [0.717, 1.165) is 0 Å². The number of nitrogens with zero attached hydrogens (tertiary/aromatic N) is 3. The Morgan fingerprint density at radius 2 is 2.08 bits per heavy atom. The average molecular weight is 346 g/mol. The fourth-order valence-corrected chi connectivity index (χ4v) is 3.04. The van der Waals surface area contributed by atoms with Crippen LogP contribution in [0.4, 0.5) is 4.39 Å². The predicted molar refractivity (Wildman–Crippen MR) is 85.9 cm³/mol. The van der Waals surface area contributed by atoms with Gasteiger partial charge in [-0.15, -0.1) is 5.10 Å². The van der Waals surface area contributed by atoms with E-state index in [-0.39, 0.29) is 5.69 Å². The van der Waals surface area contributed by atoms with Gasteiger partial charge < -0.3 is 9.84 Å². The van der Waals surface area contributed by atoms with E-state index >= 15 is 0 Å². The van der Waals surface area contributed by atoms with Crippen LogP contribution in [-0.2, 0) is 5.60 Å². The lowest BCUT2D eigenvalue weighted by Crippen LogP contribution is -2.34. The molecule has 0 saturated heterocycles. The number of ether oxygens (including phenoxy) is 1. The van der Waals surface area contributed by atoms with Gasteiger partial charge in [0.15, 0.2) is 0 Å². The zero-order valence-corrected chi connectivity index (χ0v) is 13.2. The van der Waals surface area contributed by atoms with Gasteiger partial charge in [0, 0.05) is 17.0 Å². The summed E-state index contributed by atoms with van der Waals surface area (Å²) in [4.78, 5) is 0. The third-order valence-corrected chi connectivity index (χ3v) is 4.36. The van der Waals surface area contributed by atoms with Crippen molar-refractivity contribution < 1.29 is 14.2 Å². The summed E-state index contributed by atoms with van der Waals surface area (Å²) in [6, 6.07) is 11.5. The van der Waals surface area contributed by atoms with Crippen LogP contribution in [0.25, 0.3) is 5.69 Å². The lowest BCUT2D eigenvalue weighted by atomic mass is 9.85. The summed E-state index contributed by atoms with van der Waals surface area (Å²) in [5.41, 5.74) is -0.148. The molecule has 0 amide bonds. The van der Waals surface area contributed by atoms with Crippen LogP contribution < -0.4 is 4.74 Å². The first kappa shape index (κ1) is 15.1. The molecule has 4 rings (SSSR count). The molecule has 1 unspecified atom stereocenters. The standard InChI is InChI=1S/C17H13ClFN3O2/c18-11-5-6-14(13(19)9-11)22-10-16(20-21-22)17(23)7-8-24-15-4-2-1-3-12(15)17/h1-6,9-10,23H,7-8H2. The van der Waals surface area contributed by atoms with Gasteiger partial charge in [-0.05, 0) is 24.3 Å². The molecule has 5 nitrogen and oxygen atoms in total. The molecule has 0 aliphatic carbocycles. The number of rotatable bonds is 2. The fourth-order valence-electron chi connectivity index (χ4n) is 2.88. The Hall–Kier alpha value is -2.44. The van der Waals surface area contributed by atoms with E-state index in [1.54, 1.807) is 18.2 Å². The van der Waals surface area contributed by atoms with Gasteiger partial charge in [0.1, 0.15) is 28.5 Å². The van der Waals surface area contributed by atoms with Crippen molar-refractivity contribution in [2.45, 2.75) is 12.0 Å². The van der Waals surface area contributed by atoms with Crippen LogP contribution in [0, 0.1) is 5.82 Å². The van der Waals surface area contributed by atoms with Crippen LogP contribution in [0.3, 0.4) is 0 Å². The second-order valence-electron chi connectivity index (χ2n) is 5.60. The van der Waals surface area contributed by atoms with Crippen LogP contribution in [0.2, 0.25) is 5.02 Å². The van der Waals surface area contributed by atoms with E-state index in [1.165, 1.54) is 23.0 Å². The first-order valence-electron chi connectivity index (χ1n) is 7.41. The van der Waals surface area contributed by atoms with Crippen molar-refractivity contribution in [3.63, 3.8) is 0 Å². The zero-order chi connectivity index (χ0) is 16.7. The van der Waals surface area contributed by atoms with E-state index in [2.05, 4.69) is 10.3 Å². The van der Waals surface area contributed by atoms with Crippen LogP contribution in [-0.4, -0.2) is 26.7 Å². The van der Waals surface area contributed by atoms with Gasteiger partial charge in [0.05, 0.1) is 12.8 Å². The molecule has 122 valence electrons. The third-order valence-electron chi connectivity index (χ3n) is 4.13. The molecule has 0 radical (unpaired) electrons. The number of hydrogen-bond donors (Lipinski definition) is 1. The average Bonchev–Trinajstić information content (AvgIpc) is 3.06. The fraction of sp³-hybridized carbons (Fsp3) is 0.176. The number of aliphatic hydroxyl groups is 1. The maximum atomic E-state index is 14.1. The molecule has 24 heavy (non-hydrogen) atoms. The summed E-state index contributed by atoms with van der Waals surface area (Å²) in [6.45, 7) is 0.357. The van der Waals surface area contributed by atoms with Gasteiger partial charge in [-0.1, -0.05) is 35.0 Å². The lowest BCUT2D eigenvalue weighted by Gasteiger charge is -2.32. The summed E-state index contributed by atoms with van der Waals surface area (Å²) < 4.78 is 20.9. The quantitative estimate of drug-likeness (QED) is 0.775. The molecular formula is C17H13ClFN3O2. The monoisotopic (exact) mass is 345 g/mol. The van der Waals surface area contributed by atoms with Crippen LogP contribution >= 0.6 is 11.6 Å². The summed E-state index contributed by atoms with van der Waals surface area (Å²) in [5.74, 6) is 0.0943. The number of aromatic nitrogens is 3. The molecule has 3 aromatic rings. The SMILES string of the molecule is OC1(c2cn(-c3ccc(Cl)cc3F)nn2)CCOc2ccccc21. The molecule has 2 aromatic carbocycles. The highest BCUT2D eigenvalue weighted by atomic mass is 35.5. The smallest absolute Gasteiger partial charge is 0.150 e. The largest absolute Gasteiger partial charge is 0.493 e. The minimum absolute atomic E-state index is 0.210. The van der Waals surface area contributed by atoms with Crippen molar-refractivity contribution in [1.82, 2.24) is 15.0 Å². The Morgan fingerprint density at radius 1 is 1.25 bits per heavy atom. The molecule has 2 heterocycles. The van der Waals surface area contributed by atoms with Gasteiger partial charge >= 0.3 is 0 Å². The van der Waals surface area contributed by atoms with Gasteiger partial charge in [0.2, 0.25) is 0 Å². The van der Waals surface area contributed by atoms with E-state index in [0.29, 0.717) is 35.1 Å². The van der Waals surface area contributed by atoms with Crippen LogP contribution in [0.5, 0.6) is 5.75 Å². The van der Waals surface area contributed by atoms with Crippen molar-refractivity contribution in [3.8, 4) is 11.4 Å². The van der Waals surface area contributed by atoms with Crippen molar-refractivity contribution in [1.29, 1.82) is 0 Å². The van der Waals surface area contributed by atoms with E-state index in [9.17, 15) is 9.50 Å².